The SMILES string of the molecule is O=C1C(=O)N(CCO)[C@H](c2ccccc2[N+](=O)[O-])C1=C(O)c1ccccc1. The molecule has 27 heavy (non-hydrogen) atoms. The molecule has 0 aliphatic carbocycles. The highest BCUT2D eigenvalue weighted by molar-refractivity contribution is 6.46. The van der Waals surface area contributed by atoms with Crippen LogP contribution in [0.25, 0.3) is 5.76 Å². The lowest BCUT2D eigenvalue weighted by Gasteiger charge is -2.24. The summed E-state index contributed by atoms with van der Waals surface area (Å²) in [6.07, 6.45) is 0. The smallest absolute Gasteiger partial charge is 0.295 e. The number of nitrogens with zero attached hydrogens (tertiary/aromatic N) is 2. The predicted octanol–water partition coefficient (Wildman–Crippen LogP) is 2.01. The van der Waals surface area contributed by atoms with Crippen LogP contribution in [-0.4, -0.2) is 44.9 Å². The van der Waals surface area contributed by atoms with Crippen molar-refractivity contribution in [1.29, 1.82) is 0 Å². The second-order valence-corrected chi connectivity index (χ2v) is 5.90. The summed E-state index contributed by atoms with van der Waals surface area (Å²) in [4.78, 5) is 36.9. The van der Waals surface area contributed by atoms with Gasteiger partial charge in [0.25, 0.3) is 17.4 Å². The number of hydrogen-bond donors (Lipinski definition) is 2. The molecular weight excluding hydrogens is 352 g/mol. The topological polar surface area (TPSA) is 121 Å². The fourth-order valence-corrected chi connectivity index (χ4v) is 3.18. The van der Waals surface area contributed by atoms with Crippen LogP contribution in [0.15, 0.2) is 60.2 Å². The van der Waals surface area contributed by atoms with Crippen molar-refractivity contribution in [2.24, 2.45) is 0 Å². The number of Topliss-reactive ketones (excluding diaryl/α,β-unsaturated/α-hetero) is 1. The molecule has 2 aromatic rings. The average molecular weight is 368 g/mol. The van der Waals surface area contributed by atoms with Crippen molar-refractivity contribution in [1.82, 2.24) is 4.90 Å². The zero-order chi connectivity index (χ0) is 19.6. The van der Waals surface area contributed by atoms with Crippen LogP contribution in [0.4, 0.5) is 5.69 Å². The van der Waals surface area contributed by atoms with E-state index in [1.807, 2.05) is 0 Å². The van der Waals surface area contributed by atoms with Gasteiger partial charge in [-0.2, -0.15) is 0 Å². The summed E-state index contributed by atoms with van der Waals surface area (Å²) in [5.41, 5.74) is -0.129. The third-order valence-electron chi connectivity index (χ3n) is 4.36. The van der Waals surface area contributed by atoms with Gasteiger partial charge < -0.3 is 15.1 Å². The second kappa shape index (κ2) is 7.38. The number of carbonyl (C=O) groups excluding carboxylic acids is 2. The zero-order valence-electron chi connectivity index (χ0n) is 14.1. The maximum atomic E-state index is 12.6. The van der Waals surface area contributed by atoms with E-state index in [1.165, 1.54) is 18.2 Å². The van der Waals surface area contributed by atoms with Gasteiger partial charge in [-0.15, -0.1) is 0 Å². The molecule has 1 amide bonds. The Labute approximate surface area is 154 Å². The van der Waals surface area contributed by atoms with Crippen molar-refractivity contribution in [3.05, 3.63) is 81.4 Å². The van der Waals surface area contributed by atoms with Gasteiger partial charge in [-0.25, -0.2) is 0 Å². The molecule has 0 bridgehead atoms. The van der Waals surface area contributed by atoms with Crippen LogP contribution < -0.4 is 0 Å². The van der Waals surface area contributed by atoms with Gasteiger partial charge in [-0.05, 0) is 6.07 Å². The molecule has 1 saturated heterocycles. The Morgan fingerprint density at radius 2 is 1.70 bits per heavy atom. The van der Waals surface area contributed by atoms with E-state index < -0.39 is 35.0 Å². The van der Waals surface area contributed by atoms with Gasteiger partial charge >= 0.3 is 0 Å². The molecule has 0 saturated carbocycles. The van der Waals surface area contributed by atoms with E-state index >= 15 is 0 Å². The average Bonchev–Trinajstić information content (AvgIpc) is 2.93. The molecule has 1 fully saturated rings. The molecule has 8 nitrogen and oxygen atoms in total. The molecule has 138 valence electrons. The van der Waals surface area contributed by atoms with Gasteiger partial charge in [0.15, 0.2) is 0 Å². The molecule has 1 aliphatic heterocycles. The first-order valence-corrected chi connectivity index (χ1v) is 8.15. The molecule has 2 aromatic carbocycles. The fourth-order valence-electron chi connectivity index (χ4n) is 3.18. The highest BCUT2D eigenvalue weighted by Crippen LogP contribution is 2.42. The lowest BCUT2D eigenvalue weighted by Crippen LogP contribution is -2.32. The summed E-state index contributed by atoms with van der Waals surface area (Å²) in [5, 5.41) is 31.4. The number of benzene rings is 2. The van der Waals surface area contributed by atoms with Crippen LogP contribution in [0, 0.1) is 10.1 Å². The molecule has 2 N–H and O–H groups in total. The minimum absolute atomic E-state index is 0.0904. The van der Waals surface area contributed by atoms with E-state index in [2.05, 4.69) is 0 Å². The number of β-amino-alcohol motifs (C(OH)–C–C–N with tert-alkyl or cyclic N) is 1. The van der Waals surface area contributed by atoms with Crippen LogP contribution >= 0.6 is 0 Å². The normalized spacial score (nSPS) is 18.7. The van der Waals surface area contributed by atoms with Gasteiger partial charge in [0, 0.05) is 18.2 Å². The number of ketones is 1. The summed E-state index contributed by atoms with van der Waals surface area (Å²) in [5.74, 6) is -2.30. The van der Waals surface area contributed by atoms with Crippen molar-refractivity contribution in [2.75, 3.05) is 13.2 Å². The van der Waals surface area contributed by atoms with E-state index in [-0.39, 0.29) is 23.4 Å². The first-order chi connectivity index (χ1) is 13.0. The van der Waals surface area contributed by atoms with Crippen LogP contribution in [-0.2, 0) is 9.59 Å². The Kier molecular flexibility index (Phi) is 5.00. The molecule has 0 radical (unpaired) electrons. The molecule has 1 aliphatic rings. The van der Waals surface area contributed by atoms with Crippen LogP contribution in [0.5, 0.6) is 0 Å². The number of aliphatic hydroxyl groups excluding tert-OH is 2. The number of rotatable bonds is 5. The zero-order valence-corrected chi connectivity index (χ0v) is 14.1. The number of carbonyl (C=O) groups is 2. The number of para-hydroxylation sites is 1. The fraction of sp³-hybridized carbons (Fsp3) is 0.158. The van der Waals surface area contributed by atoms with E-state index in [1.54, 1.807) is 36.4 Å². The third kappa shape index (κ3) is 3.18. The first kappa shape index (κ1) is 18.3. The second-order valence-electron chi connectivity index (χ2n) is 5.90. The minimum Gasteiger partial charge on any atom is -0.507 e. The predicted molar refractivity (Wildman–Crippen MR) is 95.6 cm³/mol. The minimum atomic E-state index is -1.17. The number of hydrogen-bond acceptors (Lipinski definition) is 6. The van der Waals surface area contributed by atoms with Crippen molar-refractivity contribution in [2.45, 2.75) is 6.04 Å². The Morgan fingerprint density at radius 1 is 1.07 bits per heavy atom. The summed E-state index contributed by atoms with van der Waals surface area (Å²) in [6.45, 7) is -0.637. The van der Waals surface area contributed by atoms with Crippen molar-refractivity contribution >= 4 is 23.1 Å². The Balaban J connectivity index is 2.27. The summed E-state index contributed by atoms with van der Waals surface area (Å²) < 4.78 is 0. The van der Waals surface area contributed by atoms with Crippen molar-refractivity contribution < 1.29 is 24.7 Å². The number of nitro groups is 1. The number of likely N-dealkylation sites (tertiary alicyclic amines) is 1. The third-order valence-corrected chi connectivity index (χ3v) is 4.36. The summed E-state index contributed by atoms with van der Waals surface area (Å²) in [6, 6.07) is 12.7. The van der Waals surface area contributed by atoms with Gasteiger partial charge in [-0.3, -0.25) is 19.7 Å². The van der Waals surface area contributed by atoms with E-state index in [9.17, 15) is 29.9 Å². The van der Waals surface area contributed by atoms with Crippen LogP contribution in [0.3, 0.4) is 0 Å². The summed E-state index contributed by atoms with van der Waals surface area (Å²) in [7, 11) is 0. The number of nitro benzene ring substituents is 1. The molecule has 8 heteroatoms. The monoisotopic (exact) mass is 368 g/mol. The molecule has 1 atom stereocenters. The highest BCUT2D eigenvalue weighted by atomic mass is 16.6. The van der Waals surface area contributed by atoms with Gasteiger partial charge in [0.05, 0.1) is 28.7 Å². The van der Waals surface area contributed by atoms with Gasteiger partial charge in [-0.1, -0.05) is 42.5 Å². The van der Waals surface area contributed by atoms with E-state index in [4.69, 9.17) is 0 Å². The van der Waals surface area contributed by atoms with E-state index in [0.29, 0.717) is 5.56 Å². The highest BCUT2D eigenvalue weighted by Gasteiger charge is 2.47. The van der Waals surface area contributed by atoms with Gasteiger partial charge in [0.1, 0.15) is 5.76 Å². The summed E-state index contributed by atoms with van der Waals surface area (Å²) >= 11 is 0. The first-order valence-electron chi connectivity index (χ1n) is 8.15. The molecular formula is C19H16N2O6. The molecule has 0 unspecified atom stereocenters. The molecule has 0 spiro atoms. The van der Waals surface area contributed by atoms with Crippen LogP contribution in [0.1, 0.15) is 17.2 Å². The largest absolute Gasteiger partial charge is 0.507 e. The maximum Gasteiger partial charge on any atom is 0.295 e. The molecule has 1 heterocycles. The van der Waals surface area contributed by atoms with E-state index in [0.717, 1.165) is 4.90 Å². The maximum absolute atomic E-state index is 12.6. The lowest BCUT2D eigenvalue weighted by molar-refractivity contribution is -0.385. The van der Waals surface area contributed by atoms with Crippen molar-refractivity contribution in [3.63, 3.8) is 0 Å². The lowest BCUT2D eigenvalue weighted by atomic mass is 9.94. The van der Waals surface area contributed by atoms with Gasteiger partial charge in [0.2, 0.25) is 0 Å². The Morgan fingerprint density at radius 3 is 2.33 bits per heavy atom. The van der Waals surface area contributed by atoms with Crippen molar-refractivity contribution in [3.8, 4) is 0 Å². The number of aliphatic hydroxyl groups is 2. The molecule has 0 aromatic heterocycles. The van der Waals surface area contributed by atoms with Crippen LogP contribution in [0.2, 0.25) is 0 Å². The Hall–Kier alpha value is -3.52. The Bertz CT molecular complexity index is 938. The standard InChI is InChI=1S/C19H16N2O6/c22-11-10-20-16(13-8-4-5-9-14(13)21(26)27)15(18(24)19(20)25)17(23)12-6-2-1-3-7-12/h1-9,16,22-23H,10-11H2/t16-/m1/s1. The quantitative estimate of drug-likeness (QED) is 0.274. The molecule has 3 rings (SSSR count). The number of amides is 1.